The zero-order valence-electron chi connectivity index (χ0n) is 30.3. The van der Waals surface area contributed by atoms with E-state index in [9.17, 15) is 19.2 Å². The Morgan fingerprint density at radius 2 is 1.67 bits per heavy atom. The summed E-state index contributed by atoms with van der Waals surface area (Å²) in [6.07, 6.45) is 8.40. The molecular weight excluding hydrogens is 686 g/mol. The number of piperazine rings is 1. The molecule has 1 saturated carbocycles. The molecule has 0 spiro atoms. The molecule has 4 amide bonds. The van der Waals surface area contributed by atoms with E-state index in [2.05, 4.69) is 47.9 Å². The van der Waals surface area contributed by atoms with Crippen LogP contribution >= 0.6 is 0 Å². The molecule has 1 atom stereocenters. The highest BCUT2D eigenvalue weighted by Crippen LogP contribution is 2.31. The van der Waals surface area contributed by atoms with Crippen LogP contribution in [0.5, 0.6) is 0 Å². The van der Waals surface area contributed by atoms with Gasteiger partial charge in [-0.3, -0.25) is 34.4 Å². The van der Waals surface area contributed by atoms with Crippen LogP contribution in [0.2, 0.25) is 0 Å². The second-order valence-electron chi connectivity index (χ2n) is 15.1. The number of aromatic nitrogens is 2. The number of nitrogens with zero attached hydrogens (tertiary/aromatic N) is 3. The van der Waals surface area contributed by atoms with Crippen molar-refractivity contribution in [2.75, 3.05) is 44.2 Å². The topological polar surface area (TPSA) is 140 Å². The Balaban J connectivity index is 0.773. The fourth-order valence-electron chi connectivity index (χ4n) is 8.45. The number of hydrogen-bond acceptors (Lipinski definition) is 7. The second-order valence-corrected chi connectivity index (χ2v) is 15.1. The summed E-state index contributed by atoms with van der Waals surface area (Å²) in [5.41, 5.74) is 6.28. The van der Waals surface area contributed by atoms with Gasteiger partial charge in [0.1, 0.15) is 5.82 Å². The van der Waals surface area contributed by atoms with E-state index in [1.807, 2.05) is 24.3 Å². The van der Waals surface area contributed by atoms with Crippen molar-refractivity contribution in [3.8, 4) is 22.5 Å². The van der Waals surface area contributed by atoms with E-state index < -0.39 is 5.82 Å². The summed E-state index contributed by atoms with van der Waals surface area (Å²) in [6, 6.07) is 18.3. The number of hydrogen-bond donors (Lipinski definition) is 4. The van der Waals surface area contributed by atoms with Crippen LogP contribution in [0.15, 0.2) is 66.9 Å². The van der Waals surface area contributed by atoms with Gasteiger partial charge in [0, 0.05) is 91.6 Å². The number of anilines is 1. The lowest BCUT2D eigenvalue weighted by Gasteiger charge is -2.37. The lowest BCUT2D eigenvalue weighted by atomic mass is 9.84. The van der Waals surface area contributed by atoms with Gasteiger partial charge in [-0.25, -0.2) is 4.39 Å². The third-order valence-electron chi connectivity index (χ3n) is 11.7. The number of nitrogens with one attached hydrogen (secondary N) is 4. The summed E-state index contributed by atoms with van der Waals surface area (Å²) in [4.78, 5) is 61.8. The molecule has 12 heteroatoms. The van der Waals surface area contributed by atoms with E-state index in [-0.39, 0.29) is 35.6 Å². The van der Waals surface area contributed by atoms with Gasteiger partial charge in [-0.1, -0.05) is 12.1 Å². The largest absolute Gasteiger partial charge is 0.369 e. The number of H-pyrrole nitrogens is 1. The second kappa shape index (κ2) is 15.5. The zero-order chi connectivity index (χ0) is 37.2. The molecule has 280 valence electrons. The van der Waals surface area contributed by atoms with Crippen LogP contribution in [0.1, 0.15) is 82.8 Å². The average molecular weight is 732 g/mol. The van der Waals surface area contributed by atoms with Crippen LogP contribution in [0, 0.1) is 11.7 Å². The van der Waals surface area contributed by atoms with Crippen LogP contribution in [0.3, 0.4) is 0 Å². The number of amides is 4. The van der Waals surface area contributed by atoms with Gasteiger partial charge < -0.3 is 20.5 Å². The number of carbonyl (C=O) groups is 4. The molecule has 8 rings (SSSR count). The van der Waals surface area contributed by atoms with Crippen molar-refractivity contribution in [3.05, 3.63) is 95.1 Å². The fraction of sp³-hybridized carbons (Fsp3) is 0.405. The normalized spacial score (nSPS) is 22.0. The van der Waals surface area contributed by atoms with Gasteiger partial charge in [-0.2, -0.15) is 0 Å². The molecule has 4 aromatic rings. The average Bonchev–Trinajstić information content (AvgIpc) is 3.64. The molecule has 54 heavy (non-hydrogen) atoms. The Morgan fingerprint density at radius 1 is 0.870 bits per heavy atom. The Kier molecular flexibility index (Phi) is 10.3. The molecule has 4 N–H and O–H groups in total. The van der Waals surface area contributed by atoms with Crippen molar-refractivity contribution in [2.45, 2.75) is 63.3 Å². The minimum Gasteiger partial charge on any atom is -0.369 e. The molecule has 1 aliphatic carbocycles. The molecular formula is C42H46FN7O4. The predicted octanol–water partition coefficient (Wildman–Crippen LogP) is 5.19. The lowest BCUT2D eigenvalue weighted by molar-refractivity contribution is -0.134. The number of fused-ring (bicyclic) bond motifs is 1. The minimum atomic E-state index is -0.510. The molecule has 0 bridgehead atoms. The summed E-state index contributed by atoms with van der Waals surface area (Å²) in [6.45, 7) is 5.58. The Labute approximate surface area is 314 Å². The first-order valence-electron chi connectivity index (χ1n) is 19.3. The van der Waals surface area contributed by atoms with E-state index in [0.717, 1.165) is 99.5 Å². The SMILES string of the molecule is O=C1CCC(c2ccc(N3CCN(CCC4CCC(NC(=O)c5ccc(-c6cc(-c7cc8c([nH]7)CCNC8=O)ccn6)c(F)c5)CC4)CC3)cc2)C(=O)N1. The van der Waals surface area contributed by atoms with Gasteiger partial charge in [0.25, 0.3) is 11.8 Å². The molecule has 2 aromatic heterocycles. The van der Waals surface area contributed by atoms with Crippen LogP contribution in [-0.4, -0.2) is 83.8 Å². The number of aromatic amines is 1. The van der Waals surface area contributed by atoms with Gasteiger partial charge in [0.05, 0.1) is 17.2 Å². The molecule has 5 heterocycles. The first kappa shape index (κ1) is 35.7. The maximum atomic E-state index is 15.4. The summed E-state index contributed by atoms with van der Waals surface area (Å²) in [5, 5.41) is 8.44. The zero-order valence-corrected chi connectivity index (χ0v) is 30.3. The number of carbonyl (C=O) groups excluding carboxylic acids is 4. The predicted molar refractivity (Wildman–Crippen MR) is 204 cm³/mol. The van der Waals surface area contributed by atoms with E-state index in [1.54, 1.807) is 24.4 Å². The van der Waals surface area contributed by atoms with E-state index >= 15 is 4.39 Å². The third kappa shape index (κ3) is 7.79. The van der Waals surface area contributed by atoms with Crippen LogP contribution in [0.4, 0.5) is 10.1 Å². The molecule has 4 aliphatic rings. The Hall–Kier alpha value is -5.36. The van der Waals surface area contributed by atoms with Gasteiger partial charge in [0.2, 0.25) is 11.8 Å². The maximum Gasteiger partial charge on any atom is 0.253 e. The lowest BCUT2D eigenvalue weighted by Crippen LogP contribution is -2.47. The highest BCUT2D eigenvalue weighted by atomic mass is 19.1. The standard InChI is InChI=1S/C42H46FN7O4/c43-35-23-29(5-10-33(35)38-24-28(13-16-44-38)37-25-34-36(47-37)14-17-45-41(34)53)40(52)46-30-6-1-26(2-7-30)15-18-49-19-21-50(22-20-49)31-8-3-27(4-9-31)32-11-12-39(51)48-42(32)54/h3-5,8-10,13,16,23-26,30,32,47H,1-2,6-7,11-12,14-15,17-22H2,(H,45,53)(H,46,52)(H,48,51,54). The third-order valence-corrected chi connectivity index (χ3v) is 11.7. The molecule has 3 aliphatic heterocycles. The minimum absolute atomic E-state index is 0.0773. The summed E-state index contributed by atoms with van der Waals surface area (Å²) >= 11 is 0. The van der Waals surface area contributed by atoms with Crippen LogP contribution in [0.25, 0.3) is 22.5 Å². The van der Waals surface area contributed by atoms with Gasteiger partial charge in [-0.15, -0.1) is 0 Å². The number of rotatable bonds is 9. The number of benzene rings is 2. The monoisotopic (exact) mass is 731 g/mol. The van der Waals surface area contributed by atoms with Crippen molar-refractivity contribution in [2.24, 2.45) is 5.92 Å². The molecule has 0 radical (unpaired) electrons. The van der Waals surface area contributed by atoms with Crippen molar-refractivity contribution >= 4 is 29.3 Å². The first-order chi connectivity index (χ1) is 26.3. The van der Waals surface area contributed by atoms with E-state index in [1.165, 1.54) is 6.07 Å². The van der Waals surface area contributed by atoms with Crippen LogP contribution < -0.4 is 20.9 Å². The number of halogens is 1. The van der Waals surface area contributed by atoms with Crippen molar-refractivity contribution in [1.29, 1.82) is 0 Å². The molecule has 2 saturated heterocycles. The highest BCUT2D eigenvalue weighted by Gasteiger charge is 2.29. The fourth-order valence-corrected chi connectivity index (χ4v) is 8.45. The molecule has 1 unspecified atom stereocenters. The maximum absolute atomic E-state index is 15.4. The van der Waals surface area contributed by atoms with Crippen molar-refractivity contribution < 1.29 is 23.6 Å². The number of imide groups is 1. The number of pyridine rings is 1. The van der Waals surface area contributed by atoms with Crippen LogP contribution in [-0.2, 0) is 16.0 Å². The summed E-state index contributed by atoms with van der Waals surface area (Å²) in [5.74, 6) is -0.889. The summed E-state index contributed by atoms with van der Waals surface area (Å²) < 4.78 is 15.4. The molecule has 3 fully saturated rings. The van der Waals surface area contributed by atoms with Gasteiger partial charge in [-0.05, 0) is 105 Å². The Bertz CT molecular complexity index is 2050. The van der Waals surface area contributed by atoms with Crippen molar-refractivity contribution in [1.82, 2.24) is 30.8 Å². The first-order valence-corrected chi connectivity index (χ1v) is 19.3. The highest BCUT2D eigenvalue weighted by molar-refractivity contribution is 6.01. The quantitative estimate of drug-likeness (QED) is 0.174. The smallest absolute Gasteiger partial charge is 0.253 e. The van der Waals surface area contributed by atoms with Crippen molar-refractivity contribution in [3.63, 3.8) is 0 Å². The summed E-state index contributed by atoms with van der Waals surface area (Å²) in [7, 11) is 0. The van der Waals surface area contributed by atoms with Gasteiger partial charge >= 0.3 is 0 Å². The van der Waals surface area contributed by atoms with Gasteiger partial charge in [0.15, 0.2) is 0 Å². The number of piperidine rings is 1. The van der Waals surface area contributed by atoms with E-state index in [0.29, 0.717) is 47.7 Å². The Morgan fingerprint density at radius 3 is 2.41 bits per heavy atom. The molecule has 2 aromatic carbocycles. The van der Waals surface area contributed by atoms with E-state index in [4.69, 9.17) is 0 Å². The molecule has 11 nitrogen and oxygen atoms in total.